The molecule has 2 aromatic heterocycles. The highest BCUT2D eigenvalue weighted by molar-refractivity contribution is 5.83. The van der Waals surface area contributed by atoms with Crippen molar-refractivity contribution in [2.45, 2.75) is 32.0 Å². The lowest BCUT2D eigenvalue weighted by Crippen LogP contribution is -2.06. The van der Waals surface area contributed by atoms with E-state index in [0.717, 1.165) is 13.1 Å². The van der Waals surface area contributed by atoms with Gasteiger partial charge in [-0.15, -0.1) is 0 Å². The van der Waals surface area contributed by atoms with Crippen molar-refractivity contribution in [3.05, 3.63) is 54.2 Å². The number of nitrogens with zero attached hydrogens (tertiary/aromatic N) is 3. The van der Waals surface area contributed by atoms with Crippen LogP contribution in [0, 0.1) is 0 Å². The van der Waals surface area contributed by atoms with Gasteiger partial charge in [0.2, 0.25) is 0 Å². The molecule has 1 saturated carbocycles. The topological polar surface area (TPSA) is 34.8 Å². The predicted molar refractivity (Wildman–Crippen MR) is 84.3 cm³/mol. The van der Waals surface area contributed by atoms with Gasteiger partial charge in [0.1, 0.15) is 0 Å². The Kier molecular flexibility index (Phi) is 3.04. The molecule has 21 heavy (non-hydrogen) atoms. The smallest absolute Gasteiger partial charge is 0.0951 e. The first-order valence-electron chi connectivity index (χ1n) is 7.59. The van der Waals surface area contributed by atoms with E-state index < -0.39 is 0 Å². The van der Waals surface area contributed by atoms with Crippen LogP contribution in [0.4, 0.5) is 0 Å². The molecule has 0 unspecified atom stereocenters. The maximum Gasteiger partial charge on any atom is 0.0951 e. The zero-order valence-corrected chi connectivity index (χ0v) is 12.3. The summed E-state index contributed by atoms with van der Waals surface area (Å²) in [4.78, 5) is 4.33. The van der Waals surface area contributed by atoms with E-state index in [1.165, 1.54) is 35.0 Å². The van der Waals surface area contributed by atoms with E-state index in [1.807, 2.05) is 19.6 Å². The molecule has 0 spiro atoms. The minimum Gasteiger partial charge on any atom is -0.341 e. The van der Waals surface area contributed by atoms with Gasteiger partial charge in [0.15, 0.2) is 0 Å². The van der Waals surface area contributed by atoms with Gasteiger partial charge in [-0.3, -0.25) is 0 Å². The molecule has 4 heteroatoms. The first kappa shape index (κ1) is 12.7. The Morgan fingerprint density at radius 3 is 3.00 bits per heavy atom. The van der Waals surface area contributed by atoms with Crippen molar-refractivity contribution >= 4 is 10.9 Å². The second kappa shape index (κ2) is 5.04. The molecule has 0 radical (unpaired) electrons. The first-order chi connectivity index (χ1) is 10.4. The Morgan fingerprint density at radius 1 is 1.29 bits per heavy atom. The van der Waals surface area contributed by atoms with Crippen LogP contribution in [0.25, 0.3) is 10.9 Å². The number of benzene rings is 1. The van der Waals surface area contributed by atoms with Crippen LogP contribution in [0.1, 0.15) is 30.1 Å². The fourth-order valence-electron chi connectivity index (χ4n) is 3.08. The molecule has 1 aliphatic carbocycles. The van der Waals surface area contributed by atoms with Crippen molar-refractivity contribution in [1.82, 2.24) is 19.4 Å². The summed E-state index contributed by atoms with van der Waals surface area (Å²) in [6.45, 7) is 1.80. The van der Waals surface area contributed by atoms with Gasteiger partial charge < -0.3 is 14.5 Å². The molecule has 3 aromatic rings. The van der Waals surface area contributed by atoms with E-state index >= 15 is 0 Å². The second-order valence-corrected chi connectivity index (χ2v) is 5.85. The first-order valence-corrected chi connectivity index (χ1v) is 7.59. The number of aromatic nitrogens is 3. The molecule has 0 amide bonds. The van der Waals surface area contributed by atoms with Gasteiger partial charge >= 0.3 is 0 Å². The lowest BCUT2D eigenvalue weighted by molar-refractivity contribution is 0.665. The van der Waals surface area contributed by atoms with Crippen LogP contribution < -0.4 is 5.32 Å². The molecule has 1 aliphatic rings. The lowest BCUT2D eigenvalue weighted by Gasteiger charge is -2.09. The van der Waals surface area contributed by atoms with Crippen LogP contribution in [0.2, 0.25) is 0 Å². The fraction of sp³-hybridized carbons (Fsp3) is 0.353. The number of imidazole rings is 1. The summed E-state index contributed by atoms with van der Waals surface area (Å²) < 4.78 is 4.66. The van der Waals surface area contributed by atoms with Crippen LogP contribution in [0.5, 0.6) is 0 Å². The van der Waals surface area contributed by atoms with E-state index in [0.29, 0.717) is 6.04 Å². The zero-order chi connectivity index (χ0) is 14.2. The van der Waals surface area contributed by atoms with Crippen LogP contribution in [0.3, 0.4) is 0 Å². The lowest BCUT2D eigenvalue weighted by atomic mass is 10.1. The number of nitrogens with one attached hydrogen (secondary N) is 1. The largest absolute Gasteiger partial charge is 0.341 e. The summed E-state index contributed by atoms with van der Waals surface area (Å²) in [5.74, 6) is 0. The Morgan fingerprint density at radius 2 is 2.19 bits per heavy atom. The average molecular weight is 280 g/mol. The van der Waals surface area contributed by atoms with E-state index in [2.05, 4.69) is 49.9 Å². The average Bonchev–Trinajstić information content (AvgIpc) is 3.10. The summed E-state index contributed by atoms with van der Waals surface area (Å²) in [6.07, 6.45) is 8.75. The molecule has 1 aromatic carbocycles. The zero-order valence-electron chi connectivity index (χ0n) is 12.3. The standard InChI is InChI=1S/C17H20N4/c1-18-9-13-3-2-4-17-16(13)7-8-20(17)11-15-10-19-12-21(15)14-5-6-14/h2-4,7-8,10,12,14,18H,5-6,9,11H2,1H3. The van der Waals surface area contributed by atoms with Crippen molar-refractivity contribution in [1.29, 1.82) is 0 Å². The van der Waals surface area contributed by atoms with Gasteiger partial charge in [-0.2, -0.15) is 0 Å². The van der Waals surface area contributed by atoms with Crippen molar-refractivity contribution in [2.75, 3.05) is 7.05 Å². The van der Waals surface area contributed by atoms with Crippen molar-refractivity contribution in [2.24, 2.45) is 0 Å². The third-order valence-corrected chi connectivity index (χ3v) is 4.29. The number of rotatable bonds is 5. The van der Waals surface area contributed by atoms with Crippen molar-refractivity contribution in [3.63, 3.8) is 0 Å². The van der Waals surface area contributed by atoms with Crippen LogP contribution in [-0.4, -0.2) is 21.2 Å². The quantitative estimate of drug-likeness (QED) is 0.780. The minimum atomic E-state index is 0.684. The van der Waals surface area contributed by atoms with Gasteiger partial charge in [0.05, 0.1) is 18.6 Å². The van der Waals surface area contributed by atoms with E-state index in [-0.39, 0.29) is 0 Å². The maximum atomic E-state index is 4.33. The van der Waals surface area contributed by atoms with E-state index in [9.17, 15) is 0 Å². The highest BCUT2D eigenvalue weighted by Gasteiger charge is 2.25. The highest BCUT2D eigenvalue weighted by Crippen LogP contribution is 2.36. The minimum absolute atomic E-state index is 0.684. The third-order valence-electron chi connectivity index (χ3n) is 4.29. The molecule has 1 fully saturated rings. The molecule has 0 aliphatic heterocycles. The highest BCUT2D eigenvalue weighted by atomic mass is 15.1. The number of hydrogen-bond donors (Lipinski definition) is 1. The van der Waals surface area contributed by atoms with E-state index in [1.54, 1.807) is 0 Å². The molecule has 0 atom stereocenters. The van der Waals surface area contributed by atoms with E-state index in [4.69, 9.17) is 0 Å². The summed E-state index contributed by atoms with van der Waals surface area (Å²) >= 11 is 0. The second-order valence-electron chi connectivity index (χ2n) is 5.85. The molecule has 108 valence electrons. The maximum absolute atomic E-state index is 4.33. The predicted octanol–water partition coefficient (Wildman–Crippen LogP) is 2.94. The van der Waals surface area contributed by atoms with Crippen LogP contribution >= 0.6 is 0 Å². The van der Waals surface area contributed by atoms with Crippen LogP contribution in [0.15, 0.2) is 43.0 Å². The summed E-state index contributed by atoms with van der Waals surface area (Å²) in [6, 6.07) is 9.44. The van der Waals surface area contributed by atoms with Crippen molar-refractivity contribution in [3.8, 4) is 0 Å². The number of fused-ring (bicyclic) bond motifs is 1. The molecule has 0 bridgehead atoms. The van der Waals surface area contributed by atoms with Crippen LogP contribution in [-0.2, 0) is 13.1 Å². The number of hydrogen-bond acceptors (Lipinski definition) is 2. The molecule has 2 heterocycles. The fourth-order valence-corrected chi connectivity index (χ4v) is 3.08. The molecular formula is C17H20N4. The normalized spacial score (nSPS) is 14.9. The van der Waals surface area contributed by atoms with Gasteiger partial charge in [0.25, 0.3) is 0 Å². The molecule has 4 rings (SSSR count). The van der Waals surface area contributed by atoms with Gasteiger partial charge in [-0.25, -0.2) is 4.98 Å². The Labute approximate surface area is 124 Å². The monoisotopic (exact) mass is 280 g/mol. The molecular weight excluding hydrogens is 260 g/mol. The summed E-state index contributed by atoms with van der Waals surface area (Å²) in [5, 5.41) is 4.58. The molecule has 0 saturated heterocycles. The van der Waals surface area contributed by atoms with Gasteiger partial charge in [0, 0.05) is 35.9 Å². The Bertz CT molecular complexity index is 764. The summed E-state index contributed by atoms with van der Waals surface area (Å²) in [7, 11) is 1.99. The molecule has 1 N–H and O–H groups in total. The van der Waals surface area contributed by atoms with Crippen molar-refractivity contribution < 1.29 is 0 Å². The van der Waals surface area contributed by atoms with Gasteiger partial charge in [-0.05, 0) is 37.6 Å². The Hall–Kier alpha value is -2.07. The molecule has 4 nitrogen and oxygen atoms in total. The Balaban J connectivity index is 1.70. The third kappa shape index (κ3) is 2.25. The SMILES string of the molecule is CNCc1cccc2c1ccn2Cc1cncn1C1CC1. The van der Waals surface area contributed by atoms with Gasteiger partial charge in [-0.1, -0.05) is 12.1 Å². The summed E-state index contributed by atoms with van der Waals surface area (Å²) in [5.41, 5.74) is 3.95.